The van der Waals surface area contributed by atoms with Gasteiger partial charge in [0.15, 0.2) is 0 Å². The number of aromatic nitrogens is 1. The van der Waals surface area contributed by atoms with Crippen LogP contribution in [-0.2, 0) is 45.0 Å². The summed E-state index contributed by atoms with van der Waals surface area (Å²) < 4.78 is 59.3. The molecule has 67 heavy (non-hydrogen) atoms. The highest BCUT2D eigenvalue weighted by molar-refractivity contribution is 7.91. The molecule has 3 N–H and O–H groups in total. The number of nitrogens with one attached hydrogen (secondary N) is 3. The number of hydrogen-bond donors (Lipinski definition) is 3. The van der Waals surface area contributed by atoms with Crippen molar-refractivity contribution in [2.45, 2.75) is 133 Å². The topological polar surface area (TPSA) is 204 Å². The van der Waals surface area contributed by atoms with Crippen molar-refractivity contribution in [2.75, 3.05) is 53.1 Å². The Hall–Kier alpha value is -4.52. The monoisotopic (exact) mass is 948 g/mol. The van der Waals surface area contributed by atoms with E-state index in [4.69, 9.17) is 28.7 Å². The van der Waals surface area contributed by atoms with Crippen molar-refractivity contribution in [1.82, 2.24) is 30.1 Å². The maximum Gasteiger partial charge on any atom is 0.408 e. The van der Waals surface area contributed by atoms with Gasteiger partial charge in [-0.25, -0.2) is 18.2 Å². The average molecular weight is 949 g/mol. The summed E-state index contributed by atoms with van der Waals surface area (Å²) in [6, 6.07) is 5.59. The molecule has 1 aromatic heterocycles. The third-order valence-electron chi connectivity index (χ3n) is 15.3. The third kappa shape index (κ3) is 9.73. The van der Waals surface area contributed by atoms with E-state index < -0.39 is 73.6 Å². The van der Waals surface area contributed by atoms with Crippen molar-refractivity contribution in [3.8, 4) is 11.6 Å². The lowest BCUT2D eigenvalue weighted by molar-refractivity contribution is -0.142. The number of benzene rings is 1. The lowest BCUT2D eigenvalue weighted by Crippen LogP contribution is -2.60. The highest BCUT2D eigenvalue weighted by Crippen LogP contribution is 2.48. The van der Waals surface area contributed by atoms with Gasteiger partial charge in [0.2, 0.25) is 27.7 Å². The van der Waals surface area contributed by atoms with Gasteiger partial charge in [0.05, 0.1) is 42.2 Å². The van der Waals surface area contributed by atoms with Crippen LogP contribution < -0.4 is 24.8 Å². The summed E-state index contributed by atoms with van der Waals surface area (Å²) in [6.45, 7) is 15.1. The molecule has 4 aliphatic heterocycles. The van der Waals surface area contributed by atoms with Crippen LogP contribution in [0.15, 0.2) is 36.9 Å². The number of piperidine rings is 1. The minimum absolute atomic E-state index is 0.0149. The molecule has 0 radical (unpaired) electrons. The largest absolute Gasteiger partial charge is 0.488 e. The summed E-state index contributed by atoms with van der Waals surface area (Å²) in [7, 11) is -2.31. The molecule has 7 aliphatic rings. The second-order valence-electron chi connectivity index (χ2n) is 21.5. The number of amides is 4. The van der Waals surface area contributed by atoms with Crippen molar-refractivity contribution in [3.05, 3.63) is 42.5 Å². The molecule has 366 valence electrons. The zero-order valence-electron chi connectivity index (χ0n) is 39.6. The van der Waals surface area contributed by atoms with Crippen LogP contribution in [0, 0.1) is 29.1 Å². The lowest BCUT2D eigenvalue weighted by atomic mass is 9.84. The first-order valence-electron chi connectivity index (χ1n) is 24.3. The molecule has 2 aromatic rings. The molecule has 18 heteroatoms. The Balaban J connectivity index is 1.06. The Kier molecular flexibility index (Phi) is 13.1. The number of rotatable bonds is 11. The smallest absolute Gasteiger partial charge is 0.408 e. The molecule has 4 bridgehead atoms. The Morgan fingerprint density at radius 1 is 1.03 bits per heavy atom. The number of fused-ring (bicyclic) bond motifs is 7. The van der Waals surface area contributed by atoms with Gasteiger partial charge < -0.3 is 44.1 Å². The number of hydrogen-bond acceptors (Lipinski definition) is 13. The van der Waals surface area contributed by atoms with Crippen LogP contribution in [0.5, 0.6) is 11.6 Å². The summed E-state index contributed by atoms with van der Waals surface area (Å²) >= 11 is 0. The molecule has 6 fully saturated rings. The number of ether oxygens (including phenoxy) is 5. The molecular formula is C49H68N6O11S. The Morgan fingerprint density at radius 2 is 1.78 bits per heavy atom. The van der Waals surface area contributed by atoms with E-state index in [9.17, 15) is 27.6 Å². The molecule has 9 atom stereocenters. The molecule has 3 aliphatic carbocycles. The molecule has 5 heterocycles. The molecule has 1 aromatic carbocycles. The molecular weight excluding hydrogens is 881 g/mol. The molecule has 2 unspecified atom stereocenters. The van der Waals surface area contributed by atoms with E-state index in [1.807, 2.05) is 45.0 Å². The van der Waals surface area contributed by atoms with E-state index in [0.29, 0.717) is 50.5 Å². The molecule has 9 rings (SSSR count). The van der Waals surface area contributed by atoms with E-state index >= 15 is 0 Å². The second-order valence-corrected chi connectivity index (χ2v) is 23.7. The van der Waals surface area contributed by atoms with E-state index in [-0.39, 0.29) is 49.3 Å². The summed E-state index contributed by atoms with van der Waals surface area (Å²) in [6.07, 6.45) is 5.61. The normalized spacial score (nSPS) is 33.0. The molecule has 3 saturated heterocycles. The van der Waals surface area contributed by atoms with Crippen molar-refractivity contribution in [2.24, 2.45) is 29.1 Å². The van der Waals surface area contributed by atoms with Crippen LogP contribution in [0.4, 0.5) is 4.79 Å². The van der Waals surface area contributed by atoms with Crippen molar-refractivity contribution >= 4 is 44.7 Å². The first kappa shape index (κ1) is 47.5. The summed E-state index contributed by atoms with van der Waals surface area (Å²) in [4.78, 5) is 66.1. The van der Waals surface area contributed by atoms with Crippen LogP contribution >= 0.6 is 0 Å². The van der Waals surface area contributed by atoms with Crippen LogP contribution in [0.3, 0.4) is 0 Å². The minimum atomic E-state index is -4.03. The van der Waals surface area contributed by atoms with Crippen molar-refractivity contribution < 1.29 is 51.3 Å². The van der Waals surface area contributed by atoms with Gasteiger partial charge in [0.1, 0.15) is 41.7 Å². The van der Waals surface area contributed by atoms with Gasteiger partial charge in [-0.15, -0.1) is 6.58 Å². The Labute approximate surface area is 393 Å². The number of methoxy groups -OCH3 is 1. The van der Waals surface area contributed by atoms with Crippen LogP contribution in [-0.4, -0.2) is 141 Å². The second kappa shape index (κ2) is 18.4. The minimum Gasteiger partial charge on any atom is -0.488 e. The SMILES string of the molecule is C=C[C@H]1C[C@]1(NC(=O)[C@@H]1C[C@@H]2CN1C(=O)[C@H](C(C)(C)C)NC(=O)O[C@@H]1C[C@H]1CCCCCc1c(nc3ccccc3c1OC1C3COCC1CN(CCOC)C3)O2)C(=O)NS(=O)(=O)C1(C)CC1. The number of nitrogens with zero attached hydrogens (tertiary/aromatic N) is 3. The number of sulfonamides is 1. The van der Waals surface area contributed by atoms with Crippen LogP contribution in [0.1, 0.15) is 91.0 Å². The number of carbonyl (C=O) groups excluding carboxylic acids is 4. The van der Waals surface area contributed by atoms with Gasteiger partial charge in [0, 0.05) is 56.3 Å². The van der Waals surface area contributed by atoms with E-state index in [0.717, 1.165) is 68.4 Å². The first-order valence-corrected chi connectivity index (χ1v) is 25.7. The fraction of sp³-hybridized carbons (Fsp3) is 0.694. The lowest BCUT2D eigenvalue weighted by Gasteiger charge is -2.46. The van der Waals surface area contributed by atoms with Gasteiger partial charge in [-0.05, 0) is 75.3 Å². The average Bonchev–Trinajstić information content (AvgIpc) is 4.24. The standard InChI is InChI=1S/C49H68N6O11S/c1-7-32-23-49(32,45(58)53-67(60,61)48(5)17-18-48)52-42(56)37-22-33-26-55(37)44(57)41(47(2,3)4)51-46(59)65-38-21-29(38)13-9-8-10-15-35-40(34-14-11-12-16-36(34)50-43(35)64-33)66-39-30-24-54(19-20-62-6)25-31(39)28-63-27-30/h7,11-12,14,16,29-33,37-39,41H,1,8-10,13,15,17-28H2,2-6H3,(H,51,59)(H,52,56)(H,53,58)/t29-,30?,31?,32+,33-,37+,38-,39?,41-,49-/m1/s1. The number of likely N-dealkylation sites (tertiary alicyclic amines) is 1. The van der Waals surface area contributed by atoms with E-state index in [1.54, 1.807) is 14.0 Å². The summed E-state index contributed by atoms with van der Waals surface area (Å²) in [5, 5.41) is 6.60. The quantitative estimate of drug-likeness (QED) is 0.270. The van der Waals surface area contributed by atoms with Crippen molar-refractivity contribution in [3.63, 3.8) is 0 Å². The van der Waals surface area contributed by atoms with Crippen LogP contribution in [0.2, 0.25) is 0 Å². The highest BCUT2D eigenvalue weighted by Gasteiger charge is 2.63. The Morgan fingerprint density at radius 3 is 2.46 bits per heavy atom. The van der Waals surface area contributed by atoms with Gasteiger partial charge >= 0.3 is 6.09 Å². The molecule has 0 spiro atoms. The summed E-state index contributed by atoms with van der Waals surface area (Å²) in [5.74, 6) is -1.000. The fourth-order valence-electron chi connectivity index (χ4n) is 10.7. The molecule has 4 amide bonds. The number of carbonyl (C=O) groups is 4. The maximum atomic E-state index is 15.0. The summed E-state index contributed by atoms with van der Waals surface area (Å²) in [5.41, 5.74) is -0.903. The maximum absolute atomic E-state index is 15.0. The van der Waals surface area contributed by atoms with Gasteiger partial charge in [0.25, 0.3) is 5.91 Å². The number of alkyl carbamates (subject to hydrolysis) is 1. The molecule has 17 nitrogen and oxygen atoms in total. The predicted octanol–water partition coefficient (Wildman–Crippen LogP) is 4.26. The predicted molar refractivity (Wildman–Crippen MR) is 248 cm³/mol. The Bertz CT molecular complexity index is 2360. The van der Waals surface area contributed by atoms with E-state index in [2.05, 4.69) is 26.8 Å². The molecule has 3 saturated carbocycles. The number of para-hydroxylation sites is 1. The zero-order chi connectivity index (χ0) is 47.5. The van der Waals surface area contributed by atoms with Gasteiger partial charge in [-0.2, -0.15) is 0 Å². The first-order chi connectivity index (χ1) is 31.9. The highest BCUT2D eigenvalue weighted by atomic mass is 32.2. The van der Waals surface area contributed by atoms with E-state index in [1.165, 1.54) is 11.0 Å². The van der Waals surface area contributed by atoms with Crippen molar-refractivity contribution in [1.29, 1.82) is 0 Å². The fourth-order valence-corrected chi connectivity index (χ4v) is 12.0. The van der Waals surface area contributed by atoms with Gasteiger partial charge in [-0.3, -0.25) is 19.1 Å². The number of pyridine rings is 1. The third-order valence-corrected chi connectivity index (χ3v) is 17.5. The van der Waals surface area contributed by atoms with Gasteiger partial charge in [-0.1, -0.05) is 51.8 Å². The van der Waals surface area contributed by atoms with Crippen LogP contribution in [0.25, 0.3) is 10.9 Å². The zero-order valence-corrected chi connectivity index (χ0v) is 40.4.